The van der Waals surface area contributed by atoms with Crippen LogP contribution in [0.15, 0.2) is 60.9 Å². The van der Waals surface area contributed by atoms with E-state index in [4.69, 9.17) is 10.8 Å². The first-order valence-corrected chi connectivity index (χ1v) is 11.5. The number of rotatable bonds is 7. The summed E-state index contributed by atoms with van der Waals surface area (Å²) in [4.78, 5) is 20.0. The Morgan fingerprint density at radius 3 is 2.09 bits per heavy atom. The molecule has 4 rings (SSSR count). The van der Waals surface area contributed by atoms with Gasteiger partial charge in [0.25, 0.3) is 0 Å². The van der Waals surface area contributed by atoms with Crippen molar-refractivity contribution in [2.45, 2.75) is 57.4 Å². The van der Waals surface area contributed by atoms with Gasteiger partial charge in [-0.1, -0.05) is 61.9 Å². The van der Waals surface area contributed by atoms with E-state index in [2.05, 4.69) is 41.2 Å². The molecular weight excluding hydrogens is 398 g/mol. The molecule has 0 bridgehead atoms. The summed E-state index contributed by atoms with van der Waals surface area (Å²) in [5.74, 6) is 1.26. The van der Waals surface area contributed by atoms with Gasteiger partial charge in [0.1, 0.15) is 6.04 Å². The van der Waals surface area contributed by atoms with Crippen molar-refractivity contribution in [1.82, 2.24) is 9.97 Å². The highest BCUT2D eigenvalue weighted by Gasteiger charge is 2.21. The molecule has 1 atom stereocenters. The Labute approximate surface area is 189 Å². The highest BCUT2D eigenvalue weighted by Crippen LogP contribution is 2.37. The summed E-state index contributed by atoms with van der Waals surface area (Å²) in [6.07, 6.45) is 10.6. The maximum absolute atomic E-state index is 10.9. The molecule has 2 aromatic carbocycles. The molecule has 1 saturated carbocycles. The van der Waals surface area contributed by atoms with Crippen LogP contribution in [-0.4, -0.2) is 27.1 Å². The number of carboxylic acids is 1. The predicted octanol–water partition coefficient (Wildman–Crippen LogP) is 5.45. The largest absolute Gasteiger partial charge is 0.480 e. The van der Waals surface area contributed by atoms with Gasteiger partial charge >= 0.3 is 5.97 Å². The van der Waals surface area contributed by atoms with Crippen molar-refractivity contribution in [3.63, 3.8) is 0 Å². The summed E-state index contributed by atoms with van der Waals surface area (Å²) in [6.45, 7) is 2.31. The Kier molecular flexibility index (Phi) is 6.96. The molecule has 0 aliphatic heterocycles. The van der Waals surface area contributed by atoms with Crippen molar-refractivity contribution in [3.05, 3.63) is 72.1 Å². The standard InChI is InChI=1S/C27H31N3O2/c1-2-18-3-7-20(8-4-18)21-11-13-22(14-12-21)24-16-29-26(30-17-24)23-9-5-19(6-10-23)15-25(28)27(31)32/h5-6,9-14,16-18,20,25H,2-4,7-8,15,28H2,1H3,(H,31,32). The average Bonchev–Trinajstić information content (AvgIpc) is 2.85. The Morgan fingerprint density at radius 1 is 0.938 bits per heavy atom. The average molecular weight is 430 g/mol. The van der Waals surface area contributed by atoms with Gasteiger partial charge in [0.2, 0.25) is 0 Å². The van der Waals surface area contributed by atoms with Gasteiger partial charge in [-0.2, -0.15) is 0 Å². The molecule has 0 amide bonds. The van der Waals surface area contributed by atoms with Crippen LogP contribution in [0.5, 0.6) is 0 Å². The SMILES string of the molecule is CCC1CCC(c2ccc(-c3cnc(-c4ccc(CC(N)C(=O)O)cc4)nc3)cc2)CC1. The fourth-order valence-corrected chi connectivity index (χ4v) is 4.61. The van der Waals surface area contributed by atoms with Crippen LogP contribution in [0.2, 0.25) is 0 Å². The van der Waals surface area contributed by atoms with E-state index in [1.807, 2.05) is 36.7 Å². The third kappa shape index (κ3) is 5.22. The van der Waals surface area contributed by atoms with Gasteiger partial charge in [0, 0.05) is 23.5 Å². The van der Waals surface area contributed by atoms with Gasteiger partial charge in [-0.05, 0) is 60.6 Å². The zero-order valence-electron chi connectivity index (χ0n) is 18.6. The Hall–Kier alpha value is -3.05. The molecule has 166 valence electrons. The number of nitrogens with two attached hydrogens (primary N) is 1. The normalized spacial score (nSPS) is 19.4. The van der Waals surface area contributed by atoms with Crippen molar-refractivity contribution in [2.24, 2.45) is 11.7 Å². The highest BCUT2D eigenvalue weighted by molar-refractivity contribution is 5.73. The second-order valence-corrected chi connectivity index (χ2v) is 8.89. The van der Waals surface area contributed by atoms with E-state index in [0.29, 0.717) is 18.2 Å². The summed E-state index contributed by atoms with van der Waals surface area (Å²) in [5.41, 5.74) is 10.9. The van der Waals surface area contributed by atoms with E-state index in [9.17, 15) is 4.79 Å². The van der Waals surface area contributed by atoms with Crippen LogP contribution >= 0.6 is 0 Å². The number of hydrogen-bond donors (Lipinski definition) is 2. The Bertz CT molecular complexity index is 1020. The van der Waals surface area contributed by atoms with Gasteiger partial charge in [-0.15, -0.1) is 0 Å². The summed E-state index contributed by atoms with van der Waals surface area (Å²) >= 11 is 0. The van der Waals surface area contributed by atoms with E-state index >= 15 is 0 Å². The number of carboxylic acid groups (broad SMARTS) is 1. The topological polar surface area (TPSA) is 89.1 Å². The third-order valence-electron chi connectivity index (χ3n) is 6.78. The van der Waals surface area contributed by atoms with E-state index in [0.717, 1.165) is 28.2 Å². The zero-order valence-corrected chi connectivity index (χ0v) is 18.6. The molecule has 0 saturated heterocycles. The van der Waals surface area contributed by atoms with Crippen LogP contribution in [0.3, 0.4) is 0 Å². The van der Waals surface area contributed by atoms with Crippen molar-refractivity contribution < 1.29 is 9.90 Å². The Morgan fingerprint density at radius 2 is 1.53 bits per heavy atom. The minimum atomic E-state index is -0.995. The van der Waals surface area contributed by atoms with E-state index in [1.165, 1.54) is 37.7 Å². The van der Waals surface area contributed by atoms with Gasteiger partial charge in [0.05, 0.1) is 0 Å². The lowest BCUT2D eigenvalue weighted by molar-refractivity contribution is -0.138. The molecule has 0 spiro atoms. The lowest BCUT2D eigenvalue weighted by atomic mass is 9.78. The molecule has 1 unspecified atom stereocenters. The quantitative estimate of drug-likeness (QED) is 0.521. The lowest BCUT2D eigenvalue weighted by Gasteiger charge is -2.28. The first kappa shape index (κ1) is 22.2. The number of benzene rings is 2. The summed E-state index contributed by atoms with van der Waals surface area (Å²) in [7, 11) is 0. The van der Waals surface area contributed by atoms with Crippen molar-refractivity contribution in [3.8, 4) is 22.5 Å². The van der Waals surface area contributed by atoms with Gasteiger partial charge < -0.3 is 10.8 Å². The maximum Gasteiger partial charge on any atom is 0.320 e. The molecule has 3 N–H and O–H groups in total. The number of carbonyl (C=O) groups is 1. The van der Waals surface area contributed by atoms with Crippen molar-refractivity contribution >= 4 is 5.97 Å². The summed E-state index contributed by atoms with van der Waals surface area (Å²) < 4.78 is 0. The lowest BCUT2D eigenvalue weighted by Crippen LogP contribution is -2.32. The second kappa shape index (κ2) is 10.0. The molecule has 5 nitrogen and oxygen atoms in total. The molecule has 5 heteroatoms. The highest BCUT2D eigenvalue weighted by atomic mass is 16.4. The molecule has 32 heavy (non-hydrogen) atoms. The van der Waals surface area contributed by atoms with Crippen LogP contribution in [0, 0.1) is 5.92 Å². The smallest absolute Gasteiger partial charge is 0.320 e. The minimum Gasteiger partial charge on any atom is -0.480 e. The third-order valence-corrected chi connectivity index (χ3v) is 6.78. The fraction of sp³-hybridized carbons (Fsp3) is 0.370. The monoisotopic (exact) mass is 429 g/mol. The van der Waals surface area contributed by atoms with Crippen LogP contribution in [0.4, 0.5) is 0 Å². The maximum atomic E-state index is 10.9. The molecule has 1 aromatic heterocycles. The molecule has 1 aliphatic rings. The molecule has 1 fully saturated rings. The van der Waals surface area contributed by atoms with Gasteiger partial charge in [-0.25, -0.2) is 9.97 Å². The van der Waals surface area contributed by atoms with Crippen LogP contribution < -0.4 is 5.73 Å². The van der Waals surface area contributed by atoms with Crippen LogP contribution in [0.1, 0.15) is 56.1 Å². The summed E-state index contributed by atoms with van der Waals surface area (Å²) in [5, 5.41) is 8.95. The minimum absolute atomic E-state index is 0.297. The van der Waals surface area contributed by atoms with Gasteiger partial charge in [0.15, 0.2) is 5.82 Å². The van der Waals surface area contributed by atoms with Crippen LogP contribution in [-0.2, 0) is 11.2 Å². The first-order chi connectivity index (χ1) is 15.5. The van der Waals surface area contributed by atoms with E-state index in [-0.39, 0.29) is 0 Å². The van der Waals surface area contributed by atoms with E-state index in [1.54, 1.807) is 0 Å². The summed E-state index contributed by atoms with van der Waals surface area (Å²) in [6, 6.07) is 15.6. The first-order valence-electron chi connectivity index (χ1n) is 11.5. The zero-order chi connectivity index (χ0) is 22.5. The van der Waals surface area contributed by atoms with Crippen molar-refractivity contribution in [1.29, 1.82) is 0 Å². The van der Waals surface area contributed by atoms with E-state index < -0.39 is 12.0 Å². The molecule has 3 aromatic rings. The number of hydrogen-bond acceptors (Lipinski definition) is 4. The number of nitrogens with zero attached hydrogens (tertiary/aromatic N) is 2. The van der Waals surface area contributed by atoms with Crippen LogP contribution in [0.25, 0.3) is 22.5 Å². The molecule has 0 radical (unpaired) electrons. The second-order valence-electron chi connectivity index (χ2n) is 8.89. The van der Waals surface area contributed by atoms with Crippen molar-refractivity contribution in [2.75, 3.05) is 0 Å². The molecule has 1 aliphatic carbocycles. The number of aliphatic carboxylic acids is 1. The molecular formula is C27H31N3O2. The Balaban J connectivity index is 1.41. The molecule has 1 heterocycles. The number of aromatic nitrogens is 2. The predicted molar refractivity (Wildman–Crippen MR) is 127 cm³/mol. The van der Waals surface area contributed by atoms with Gasteiger partial charge in [-0.3, -0.25) is 4.79 Å². The fourth-order valence-electron chi connectivity index (χ4n) is 4.61.